The highest BCUT2D eigenvalue weighted by Crippen LogP contribution is 2.29. The van der Waals surface area contributed by atoms with Gasteiger partial charge in [0.15, 0.2) is 0 Å². The Hall–Kier alpha value is -2.34. The number of anilines is 2. The summed E-state index contributed by atoms with van der Waals surface area (Å²) in [5.74, 6) is 0.117. The molecule has 2 aromatic carbocycles. The maximum Gasteiger partial charge on any atom is 0.262 e. The summed E-state index contributed by atoms with van der Waals surface area (Å²) in [6.07, 6.45) is 1.43. The second-order valence-corrected chi connectivity index (χ2v) is 8.18. The predicted octanol–water partition coefficient (Wildman–Crippen LogP) is 3.54. The lowest BCUT2D eigenvalue weighted by atomic mass is 10.1. The number of amides is 1. The van der Waals surface area contributed by atoms with Gasteiger partial charge in [-0.25, -0.2) is 8.42 Å². The Morgan fingerprint density at radius 3 is 2.40 bits per heavy atom. The van der Waals surface area contributed by atoms with Crippen LogP contribution in [0.4, 0.5) is 11.4 Å². The van der Waals surface area contributed by atoms with E-state index >= 15 is 0 Å². The van der Waals surface area contributed by atoms with Crippen molar-refractivity contribution in [3.8, 4) is 0 Å². The molecule has 25 heavy (non-hydrogen) atoms. The van der Waals surface area contributed by atoms with Crippen LogP contribution >= 0.6 is 0 Å². The minimum absolute atomic E-state index is 0.117. The SMILES string of the molecule is Cc1ccc(C)c(S(=O)(=O)Nc2ccc(N3CCCC3=O)c(C)c2)c1. The second-order valence-electron chi connectivity index (χ2n) is 6.52. The number of nitrogens with one attached hydrogen (secondary N) is 1. The van der Waals surface area contributed by atoms with Crippen LogP contribution in [0.2, 0.25) is 0 Å². The van der Waals surface area contributed by atoms with Crippen LogP contribution < -0.4 is 9.62 Å². The van der Waals surface area contributed by atoms with E-state index in [1.807, 2.05) is 19.9 Å². The number of benzene rings is 2. The third-order valence-corrected chi connectivity index (χ3v) is 5.97. The van der Waals surface area contributed by atoms with E-state index in [1.165, 1.54) is 0 Å². The Morgan fingerprint density at radius 2 is 1.76 bits per heavy atom. The molecule has 0 aliphatic carbocycles. The normalized spacial score (nSPS) is 14.8. The molecule has 5 nitrogen and oxygen atoms in total. The lowest BCUT2D eigenvalue weighted by molar-refractivity contribution is -0.117. The monoisotopic (exact) mass is 358 g/mol. The fraction of sp³-hybridized carbons (Fsp3) is 0.316. The smallest absolute Gasteiger partial charge is 0.262 e. The Labute approximate surface area is 148 Å². The molecule has 1 saturated heterocycles. The second kappa shape index (κ2) is 6.52. The number of carbonyl (C=O) groups is 1. The van der Waals surface area contributed by atoms with Gasteiger partial charge in [0.2, 0.25) is 5.91 Å². The molecule has 0 bridgehead atoms. The number of hydrogen-bond acceptors (Lipinski definition) is 3. The van der Waals surface area contributed by atoms with Crippen LogP contribution in [0.1, 0.15) is 29.5 Å². The Kier molecular flexibility index (Phi) is 4.56. The molecule has 0 radical (unpaired) electrons. The molecule has 6 heteroatoms. The van der Waals surface area contributed by atoms with E-state index in [4.69, 9.17) is 0 Å². The van der Waals surface area contributed by atoms with Crippen molar-refractivity contribution >= 4 is 27.3 Å². The molecule has 0 aromatic heterocycles. The summed E-state index contributed by atoms with van der Waals surface area (Å²) >= 11 is 0. The van der Waals surface area contributed by atoms with Gasteiger partial charge >= 0.3 is 0 Å². The molecule has 0 saturated carbocycles. The van der Waals surface area contributed by atoms with Crippen LogP contribution in [0.3, 0.4) is 0 Å². The minimum atomic E-state index is -3.66. The predicted molar refractivity (Wildman–Crippen MR) is 99.5 cm³/mol. The first-order valence-electron chi connectivity index (χ1n) is 8.29. The number of nitrogens with zero attached hydrogens (tertiary/aromatic N) is 1. The van der Waals surface area contributed by atoms with E-state index in [2.05, 4.69) is 4.72 Å². The van der Waals surface area contributed by atoms with Crippen molar-refractivity contribution in [1.82, 2.24) is 0 Å². The third kappa shape index (κ3) is 3.54. The number of hydrogen-bond donors (Lipinski definition) is 1. The first-order chi connectivity index (χ1) is 11.8. The molecule has 1 N–H and O–H groups in total. The van der Waals surface area contributed by atoms with Gasteiger partial charge in [-0.3, -0.25) is 9.52 Å². The fourth-order valence-corrected chi connectivity index (χ4v) is 4.51. The standard InChI is InChI=1S/C19H22N2O3S/c1-13-6-7-14(2)18(11-13)25(23,24)20-16-8-9-17(15(3)12-16)21-10-4-5-19(21)22/h6-9,11-12,20H,4-5,10H2,1-3H3. The van der Waals surface area contributed by atoms with Crippen molar-refractivity contribution in [2.24, 2.45) is 0 Å². The molecule has 0 unspecified atom stereocenters. The zero-order chi connectivity index (χ0) is 18.2. The maximum absolute atomic E-state index is 12.7. The molecule has 0 atom stereocenters. The van der Waals surface area contributed by atoms with Gasteiger partial charge in [-0.15, -0.1) is 0 Å². The van der Waals surface area contributed by atoms with Crippen LogP contribution in [-0.4, -0.2) is 20.9 Å². The van der Waals surface area contributed by atoms with Crippen LogP contribution in [0, 0.1) is 20.8 Å². The van der Waals surface area contributed by atoms with Gasteiger partial charge in [-0.05, 0) is 68.1 Å². The molecular weight excluding hydrogens is 336 g/mol. The number of sulfonamides is 1. The summed E-state index contributed by atoms with van der Waals surface area (Å²) in [5, 5.41) is 0. The fourth-order valence-electron chi connectivity index (χ4n) is 3.13. The van der Waals surface area contributed by atoms with E-state index in [9.17, 15) is 13.2 Å². The first kappa shape index (κ1) is 17.5. The molecule has 1 heterocycles. The summed E-state index contributed by atoms with van der Waals surface area (Å²) in [5.41, 5.74) is 3.81. The summed E-state index contributed by atoms with van der Waals surface area (Å²) in [6, 6.07) is 10.6. The topological polar surface area (TPSA) is 66.5 Å². The zero-order valence-corrected chi connectivity index (χ0v) is 15.5. The number of rotatable bonds is 4. The summed E-state index contributed by atoms with van der Waals surface area (Å²) in [6.45, 7) is 6.25. The van der Waals surface area contributed by atoms with Gasteiger partial charge in [-0.2, -0.15) is 0 Å². The van der Waals surface area contributed by atoms with Crippen molar-refractivity contribution in [3.05, 3.63) is 53.1 Å². The molecule has 3 rings (SSSR count). The molecular formula is C19H22N2O3S. The Bertz CT molecular complexity index is 936. The lowest BCUT2D eigenvalue weighted by Gasteiger charge is -2.19. The molecule has 1 aliphatic heterocycles. The maximum atomic E-state index is 12.7. The molecule has 1 aliphatic rings. The van der Waals surface area contributed by atoms with Crippen molar-refractivity contribution in [3.63, 3.8) is 0 Å². The van der Waals surface area contributed by atoms with Crippen LogP contribution in [-0.2, 0) is 14.8 Å². The van der Waals surface area contributed by atoms with Gasteiger partial charge in [0.25, 0.3) is 10.0 Å². The van der Waals surface area contributed by atoms with Crippen molar-refractivity contribution < 1.29 is 13.2 Å². The van der Waals surface area contributed by atoms with Crippen molar-refractivity contribution in [2.45, 2.75) is 38.5 Å². The summed E-state index contributed by atoms with van der Waals surface area (Å²) in [4.78, 5) is 14.0. The summed E-state index contributed by atoms with van der Waals surface area (Å²) in [7, 11) is -3.66. The van der Waals surface area contributed by atoms with Gasteiger partial charge in [0.1, 0.15) is 0 Å². The third-order valence-electron chi connectivity index (χ3n) is 4.45. The first-order valence-corrected chi connectivity index (χ1v) is 9.77. The lowest BCUT2D eigenvalue weighted by Crippen LogP contribution is -2.24. The zero-order valence-electron chi connectivity index (χ0n) is 14.7. The van der Waals surface area contributed by atoms with Crippen molar-refractivity contribution in [2.75, 3.05) is 16.2 Å². The van der Waals surface area contributed by atoms with Gasteiger partial charge in [0, 0.05) is 24.3 Å². The number of carbonyl (C=O) groups excluding carboxylic acids is 1. The highest BCUT2D eigenvalue weighted by molar-refractivity contribution is 7.92. The van der Waals surface area contributed by atoms with E-state index in [0.717, 1.165) is 23.2 Å². The highest BCUT2D eigenvalue weighted by atomic mass is 32.2. The van der Waals surface area contributed by atoms with E-state index in [1.54, 1.807) is 42.2 Å². The molecule has 1 amide bonds. The average Bonchev–Trinajstić information content (AvgIpc) is 2.95. The highest BCUT2D eigenvalue weighted by Gasteiger charge is 2.23. The van der Waals surface area contributed by atoms with Crippen molar-refractivity contribution in [1.29, 1.82) is 0 Å². The minimum Gasteiger partial charge on any atom is -0.312 e. The molecule has 132 valence electrons. The largest absolute Gasteiger partial charge is 0.312 e. The van der Waals surface area contributed by atoms with Gasteiger partial charge in [-0.1, -0.05) is 12.1 Å². The van der Waals surface area contributed by atoms with Crippen LogP contribution in [0.25, 0.3) is 0 Å². The van der Waals surface area contributed by atoms with Gasteiger partial charge in [0.05, 0.1) is 4.90 Å². The number of aryl methyl sites for hydroxylation is 3. The van der Waals surface area contributed by atoms with E-state index in [0.29, 0.717) is 24.2 Å². The van der Waals surface area contributed by atoms with Gasteiger partial charge < -0.3 is 4.90 Å². The Balaban J connectivity index is 1.89. The molecule has 0 spiro atoms. The average molecular weight is 358 g/mol. The van der Waals surface area contributed by atoms with Crippen LogP contribution in [0.5, 0.6) is 0 Å². The van der Waals surface area contributed by atoms with E-state index < -0.39 is 10.0 Å². The van der Waals surface area contributed by atoms with Crippen LogP contribution in [0.15, 0.2) is 41.3 Å². The molecule has 2 aromatic rings. The van der Waals surface area contributed by atoms with E-state index in [-0.39, 0.29) is 10.8 Å². The Morgan fingerprint density at radius 1 is 1.00 bits per heavy atom. The molecule has 1 fully saturated rings. The summed E-state index contributed by atoms with van der Waals surface area (Å²) < 4.78 is 28.0. The quantitative estimate of drug-likeness (QED) is 0.909.